The summed E-state index contributed by atoms with van der Waals surface area (Å²) in [7, 11) is 0. The summed E-state index contributed by atoms with van der Waals surface area (Å²) in [5, 5.41) is 9.00. The number of rotatable bonds is 1. The largest absolute Gasteiger partial charge is 0.274 e. The minimum atomic E-state index is -0.333. The molecular formula is C17H12N2O2. The second-order valence-electron chi connectivity index (χ2n) is 4.98. The predicted octanol–water partition coefficient (Wildman–Crippen LogP) is 2.60. The summed E-state index contributed by atoms with van der Waals surface area (Å²) in [5.41, 5.74) is 2.99. The van der Waals surface area contributed by atoms with Gasteiger partial charge in [-0.3, -0.25) is 9.59 Å². The van der Waals surface area contributed by atoms with Gasteiger partial charge in [-0.05, 0) is 36.2 Å². The van der Waals surface area contributed by atoms with Gasteiger partial charge in [-0.15, -0.1) is 0 Å². The highest BCUT2D eigenvalue weighted by Gasteiger charge is 2.32. The number of hydrogen-bond donors (Lipinski definition) is 0. The van der Waals surface area contributed by atoms with Crippen LogP contribution in [-0.4, -0.2) is 11.8 Å². The number of aryl methyl sites for hydroxylation is 1. The van der Waals surface area contributed by atoms with Gasteiger partial charge in [-0.1, -0.05) is 24.3 Å². The van der Waals surface area contributed by atoms with Gasteiger partial charge >= 0.3 is 0 Å². The van der Waals surface area contributed by atoms with Gasteiger partial charge in [-0.25, -0.2) is 4.90 Å². The minimum Gasteiger partial charge on any atom is -0.274 e. The Kier molecular flexibility index (Phi) is 3.03. The molecule has 0 saturated heterocycles. The maximum atomic E-state index is 12.6. The molecule has 0 saturated carbocycles. The highest BCUT2D eigenvalue weighted by atomic mass is 16.2. The van der Waals surface area contributed by atoms with E-state index in [1.54, 1.807) is 36.4 Å². The third kappa shape index (κ3) is 2.09. The van der Waals surface area contributed by atoms with E-state index in [4.69, 9.17) is 5.26 Å². The molecule has 102 valence electrons. The van der Waals surface area contributed by atoms with Crippen LogP contribution in [0.2, 0.25) is 0 Å². The Balaban J connectivity index is 2.14. The van der Waals surface area contributed by atoms with Crippen molar-refractivity contribution in [3.8, 4) is 6.07 Å². The summed E-state index contributed by atoms with van der Waals surface area (Å²) in [6, 6.07) is 14.1. The van der Waals surface area contributed by atoms with Crippen LogP contribution in [0.1, 0.15) is 27.0 Å². The molecule has 2 amide bonds. The van der Waals surface area contributed by atoms with Crippen LogP contribution in [0, 0.1) is 18.3 Å². The van der Waals surface area contributed by atoms with Gasteiger partial charge in [0.2, 0.25) is 5.91 Å². The molecule has 1 aliphatic rings. The standard InChI is InChI=1S/C17H12N2O2/c1-11-6-7-12(10-18)8-15(11)19-16(20)9-13-4-2-3-5-14(13)17(19)21/h2-8H,9H2,1H3. The highest BCUT2D eigenvalue weighted by Crippen LogP contribution is 2.28. The summed E-state index contributed by atoms with van der Waals surface area (Å²) >= 11 is 0. The van der Waals surface area contributed by atoms with E-state index in [0.717, 1.165) is 11.1 Å². The highest BCUT2D eigenvalue weighted by molar-refractivity contribution is 6.25. The number of carbonyl (C=O) groups excluding carboxylic acids is 2. The normalized spacial score (nSPS) is 13.8. The second kappa shape index (κ2) is 4.88. The van der Waals surface area contributed by atoms with Crippen molar-refractivity contribution in [3.63, 3.8) is 0 Å². The first kappa shape index (κ1) is 13.1. The third-order valence-corrected chi connectivity index (χ3v) is 3.62. The fourth-order valence-corrected chi connectivity index (χ4v) is 2.52. The molecule has 0 aromatic heterocycles. The Morgan fingerprint density at radius 1 is 1.14 bits per heavy atom. The van der Waals surface area contributed by atoms with E-state index in [9.17, 15) is 9.59 Å². The Labute approximate surface area is 122 Å². The van der Waals surface area contributed by atoms with E-state index in [1.165, 1.54) is 4.90 Å². The first-order chi connectivity index (χ1) is 10.1. The van der Waals surface area contributed by atoms with Gasteiger partial charge in [-0.2, -0.15) is 5.26 Å². The summed E-state index contributed by atoms with van der Waals surface area (Å²) in [4.78, 5) is 26.1. The monoisotopic (exact) mass is 276 g/mol. The molecule has 2 aromatic carbocycles. The number of nitriles is 1. The molecule has 2 aromatic rings. The molecule has 0 atom stereocenters. The molecule has 0 aliphatic carbocycles. The zero-order valence-electron chi connectivity index (χ0n) is 11.5. The lowest BCUT2D eigenvalue weighted by Crippen LogP contribution is -2.42. The van der Waals surface area contributed by atoms with Crippen molar-refractivity contribution in [2.75, 3.05) is 4.90 Å². The fourth-order valence-electron chi connectivity index (χ4n) is 2.52. The maximum Gasteiger partial charge on any atom is 0.265 e. The van der Waals surface area contributed by atoms with E-state index < -0.39 is 0 Å². The number of hydrogen-bond acceptors (Lipinski definition) is 3. The lowest BCUT2D eigenvalue weighted by molar-refractivity contribution is -0.117. The molecule has 0 unspecified atom stereocenters. The summed E-state index contributed by atoms with van der Waals surface area (Å²) in [6.45, 7) is 1.82. The van der Waals surface area contributed by atoms with Gasteiger partial charge in [0.05, 0.1) is 23.7 Å². The average molecular weight is 276 g/mol. The number of nitrogens with zero attached hydrogens (tertiary/aromatic N) is 2. The first-order valence-corrected chi connectivity index (χ1v) is 6.58. The molecule has 4 heteroatoms. The number of imide groups is 1. The summed E-state index contributed by atoms with van der Waals surface area (Å²) in [6.07, 6.45) is 0.193. The lowest BCUT2D eigenvalue weighted by atomic mass is 9.97. The van der Waals surface area contributed by atoms with Gasteiger partial charge in [0.1, 0.15) is 0 Å². The molecule has 0 spiro atoms. The van der Waals surface area contributed by atoms with Crippen LogP contribution in [0.4, 0.5) is 5.69 Å². The molecule has 0 bridgehead atoms. The minimum absolute atomic E-state index is 0.193. The molecule has 3 rings (SSSR count). The van der Waals surface area contributed by atoms with Gasteiger partial charge < -0.3 is 0 Å². The fraction of sp³-hybridized carbons (Fsp3) is 0.118. The Hall–Kier alpha value is -2.93. The van der Waals surface area contributed by atoms with E-state index >= 15 is 0 Å². The molecule has 4 nitrogen and oxygen atoms in total. The van der Waals surface area contributed by atoms with Crippen molar-refractivity contribution in [2.45, 2.75) is 13.3 Å². The van der Waals surface area contributed by atoms with Crippen molar-refractivity contribution in [1.82, 2.24) is 0 Å². The Bertz CT molecular complexity index is 803. The lowest BCUT2D eigenvalue weighted by Gasteiger charge is -2.28. The third-order valence-electron chi connectivity index (χ3n) is 3.62. The van der Waals surface area contributed by atoms with Crippen LogP contribution in [0.3, 0.4) is 0 Å². The SMILES string of the molecule is Cc1ccc(C#N)cc1N1C(=O)Cc2ccccc2C1=O. The van der Waals surface area contributed by atoms with Crippen LogP contribution in [0.5, 0.6) is 0 Å². The van der Waals surface area contributed by atoms with Crippen molar-refractivity contribution >= 4 is 17.5 Å². The van der Waals surface area contributed by atoms with Crippen molar-refractivity contribution in [3.05, 3.63) is 64.7 Å². The van der Waals surface area contributed by atoms with E-state index in [0.29, 0.717) is 16.8 Å². The zero-order valence-corrected chi connectivity index (χ0v) is 11.5. The maximum absolute atomic E-state index is 12.6. The average Bonchev–Trinajstić information content (AvgIpc) is 2.49. The van der Waals surface area contributed by atoms with E-state index in [-0.39, 0.29) is 18.2 Å². The van der Waals surface area contributed by atoms with Gasteiger partial charge in [0.15, 0.2) is 0 Å². The van der Waals surface area contributed by atoms with Crippen LogP contribution in [-0.2, 0) is 11.2 Å². The van der Waals surface area contributed by atoms with E-state index in [2.05, 4.69) is 0 Å². The predicted molar refractivity (Wildman–Crippen MR) is 77.9 cm³/mol. The van der Waals surface area contributed by atoms with Gasteiger partial charge in [0.25, 0.3) is 5.91 Å². The molecule has 1 heterocycles. The Morgan fingerprint density at radius 2 is 1.90 bits per heavy atom. The number of amides is 2. The van der Waals surface area contributed by atoms with Crippen LogP contribution < -0.4 is 4.90 Å². The number of fused-ring (bicyclic) bond motifs is 1. The summed E-state index contributed by atoms with van der Waals surface area (Å²) < 4.78 is 0. The van der Waals surface area contributed by atoms with Crippen molar-refractivity contribution in [1.29, 1.82) is 5.26 Å². The topological polar surface area (TPSA) is 61.2 Å². The molecule has 0 radical (unpaired) electrons. The van der Waals surface area contributed by atoms with E-state index in [1.807, 2.05) is 19.1 Å². The molecule has 0 N–H and O–H groups in total. The smallest absolute Gasteiger partial charge is 0.265 e. The first-order valence-electron chi connectivity index (χ1n) is 6.58. The zero-order chi connectivity index (χ0) is 15.0. The van der Waals surface area contributed by atoms with Crippen LogP contribution >= 0.6 is 0 Å². The molecule has 1 aliphatic heterocycles. The number of benzene rings is 2. The summed E-state index contributed by atoms with van der Waals surface area (Å²) in [5.74, 6) is -0.600. The van der Waals surface area contributed by atoms with Crippen LogP contribution in [0.25, 0.3) is 0 Å². The molecule has 0 fully saturated rings. The second-order valence-corrected chi connectivity index (χ2v) is 4.98. The van der Waals surface area contributed by atoms with Gasteiger partial charge in [0, 0.05) is 5.56 Å². The Morgan fingerprint density at radius 3 is 2.67 bits per heavy atom. The van der Waals surface area contributed by atoms with Crippen LogP contribution in [0.15, 0.2) is 42.5 Å². The molecule has 21 heavy (non-hydrogen) atoms. The van der Waals surface area contributed by atoms with Crippen molar-refractivity contribution in [2.24, 2.45) is 0 Å². The van der Waals surface area contributed by atoms with Crippen molar-refractivity contribution < 1.29 is 9.59 Å². The number of carbonyl (C=O) groups is 2. The number of anilines is 1. The quantitative estimate of drug-likeness (QED) is 0.752. The molecular weight excluding hydrogens is 264 g/mol.